The van der Waals surface area contributed by atoms with E-state index < -0.39 is 0 Å². The van der Waals surface area contributed by atoms with E-state index in [2.05, 4.69) is 12.2 Å². The molecule has 17 heavy (non-hydrogen) atoms. The molecule has 2 atom stereocenters. The Labute approximate surface area is 103 Å². The second-order valence-corrected chi connectivity index (χ2v) is 4.33. The van der Waals surface area contributed by atoms with E-state index in [4.69, 9.17) is 4.74 Å². The first-order chi connectivity index (χ1) is 8.08. The highest BCUT2D eigenvalue weighted by atomic mass is 19.1. The summed E-state index contributed by atoms with van der Waals surface area (Å²) in [5.74, 6) is -0.176. The molecule has 0 spiro atoms. The van der Waals surface area contributed by atoms with Crippen molar-refractivity contribution in [2.24, 2.45) is 0 Å². The smallest absolute Gasteiger partial charge is 0.123 e. The largest absolute Gasteiger partial charge is 0.377 e. The maximum absolute atomic E-state index is 13.0. The van der Waals surface area contributed by atoms with Gasteiger partial charge < -0.3 is 10.1 Å². The average Bonchev–Trinajstić information content (AvgIpc) is 2.28. The van der Waals surface area contributed by atoms with Crippen molar-refractivity contribution in [2.75, 3.05) is 13.7 Å². The Morgan fingerprint density at radius 2 is 2.12 bits per heavy atom. The lowest BCUT2D eigenvalue weighted by Gasteiger charge is -2.24. The molecule has 0 amide bonds. The number of aryl methyl sites for hydroxylation is 1. The molecule has 0 bridgehead atoms. The highest BCUT2D eigenvalue weighted by Gasteiger charge is 2.16. The van der Waals surface area contributed by atoms with Gasteiger partial charge in [0.15, 0.2) is 0 Å². The third-order valence-corrected chi connectivity index (χ3v) is 3.11. The monoisotopic (exact) mass is 239 g/mol. The van der Waals surface area contributed by atoms with Crippen molar-refractivity contribution >= 4 is 0 Å². The van der Waals surface area contributed by atoms with Gasteiger partial charge in [-0.15, -0.1) is 0 Å². The van der Waals surface area contributed by atoms with E-state index in [1.54, 1.807) is 6.07 Å². The summed E-state index contributed by atoms with van der Waals surface area (Å²) in [7, 11) is 1.93. The molecule has 2 nitrogen and oxygen atoms in total. The number of benzene rings is 1. The Balaban J connectivity index is 2.73. The topological polar surface area (TPSA) is 21.3 Å². The summed E-state index contributed by atoms with van der Waals surface area (Å²) >= 11 is 0. The van der Waals surface area contributed by atoms with Gasteiger partial charge in [-0.2, -0.15) is 0 Å². The van der Waals surface area contributed by atoms with Crippen molar-refractivity contribution in [1.82, 2.24) is 5.32 Å². The maximum atomic E-state index is 13.0. The molecule has 0 radical (unpaired) electrons. The van der Waals surface area contributed by atoms with Gasteiger partial charge in [0, 0.05) is 12.6 Å². The fourth-order valence-corrected chi connectivity index (χ4v) is 2.01. The summed E-state index contributed by atoms with van der Waals surface area (Å²) in [4.78, 5) is 0. The van der Waals surface area contributed by atoms with Gasteiger partial charge in [-0.1, -0.05) is 6.07 Å². The summed E-state index contributed by atoms with van der Waals surface area (Å²) in [5.41, 5.74) is 2.16. The minimum atomic E-state index is -0.176. The van der Waals surface area contributed by atoms with Gasteiger partial charge in [0.1, 0.15) is 5.82 Å². The predicted octanol–water partition coefficient (Wildman–Crippen LogP) is 2.69. The molecule has 0 saturated carbocycles. The minimum Gasteiger partial charge on any atom is -0.377 e. The molecule has 2 unspecified atom stereocenters. The van der Waals surface area contributed by atoms with Crippen LogP contribution in [0.25, 0.3) is 0 Å². The van der Waals surface area contributed by atoms with E-state index in [9.17, 15) is 4.39 Å². The summed E-state index contributed by atoms with van der Waals surface area (Å²) in [6.07, 6.45) is 0.999. The van der Waals surface area contributed by atoms with Gasteiger partial charge in [-0.25, -0.2) is 4.39 Å². The predicted molar refractivity (Wildman–Crippen MR) is 68.8 cm³/mol. The molecule has 0 aromatic heterocycles. The molecule has 0 fully saturated rings. The third kappa shape index (κ3) is 4.10. The van der Waals surface area contributed by atoms with E-state index in [-0.39, 0.29) is 18.0 Å². The van der Waals surface area contributed by atoms with Gasteiger partial charge in [0.25, 0.3) is 0 Å². The summed E-state index contributed by atoms with van der Waals surface area (Å²) in [5, 5.41) is 3.26. The van der Waals surface area contributed by atoms with Gasteiger partial charge in [0.2, 0.25) is 0 Å². The molecule has 1 aromatic carbocycles. The van der Waals surface area contributed by atoms with E-state index in [0.29, 0.717) is 6.61 Å². The zero-order valence-corrected chi connectivity index (χ0v) is 11.1. The van der Waals surface area contributed by atoms with Gasteiger partial charge >= 0.3 is 0 Å². The second kappa shape index (κ2) is 6.72. The number of hydrogen-bond acceptors (Lipinski definition) is 2. The standard InChI is InChI=1S/C14H22FNO/c1-5-17-11(3)14(16-4)9-12-6-7-13(15)8-10(12)2/h6-8,11,14,16H,5,9H2,1-4H3. The van der Waals surface area contributed by atoms with Crippen LogP contribution in [-0.2, 0) is 11.2 Å². The normalized spacial score (nSPS) is 14.6. The molecule has 3 heteroatoms. The van der Waals surface area contributed by atoms with Crippen LogP contribution in [0.15, 0.2) is 18.2 Å². The lowest BCUT2D eigenvalue weighted by Crippen LogP contribution is -2.39. The average molecular weight is 239 g/mol. The molecule has 0 aliphatic carbocycles. The number of likely N-dealkylation sites (N-methyl/N-ethyl adjacent to an activating group) is 1. The van der Waals surface area contributed by atoms with Crippen LogP contribution in [0.1, 0.15) is 25.0 Å². The Morgan fingerprint density at radius 3 is 2.65 bits per heavy atom. The lowest BCUT2D eigenvalue weighted by molar-refractivity contribution is 0.0496. The van der Waals surface area contributed by atoms with E-state index in [1.165, 1.54) is 6.07 Å². The molecular formula is C14H22FNO. The first-order valence-electron chi connectivity index (χ1n) is 6.12. The van der Waals surface area contributed by atoms with Crippen LogP contribution in [0.5, 0.6) is 0 Å². The molecule has 1 N–H and O–H groups in total. The van der Waals surface area contributed by atoms with Crippen molar-refractivity contribution in [1.29, 1.82) is 0 Å². The number of rotatable bonds is 6. The number of ether oxygens (including phenoxy) is 1. The zero-order valence-electron chi connectivity index (χ0n) is 11.1. The lowest BCUT2D eigenvalue weighted by atomic mass is 9.98. The Bertz CT molecular complexity index is 354. The van der Waals surface area contributed by atoms with Crippen molar-refractivity contribution in [2.45, 2.75) is 39.3 Å². The quantitative estimate of drug-likeness (QED) is 0.824. The van der Waals surface area contributed by atoms with Crippen molar-refractivity contribution in [3.8, 4) is 0 Å². The van der Waals surface area contributed by atoms with Crippen LogP contribution in [0, 0.1) is 12.7 Å². The highest BCUT2D eigenvalue weighted by molar-refractivity contribution is 5.27. The number of nitrogens with one attached hydrogen (secondary N) is 1. The van der Waals surface area contributed by atoms with E-state index >= 15 is 0 Å². The van der Waals surface area contributed by atoms with Crippen LogP contribution >= 0.6 is 0 Å². The van der Waals surface area contributed by atoms with E-state index in [1.807, 2.05) is 27.0 Å². The molecule has 96 valence electrons. The van der Waals surface area contributed by atoms with Gasteiger partial charge in [-0.3, -0.25) is 0 Å². The fraction of sp³-hybridized carbons (Fsp3) is 0.571. The van der Waals surface area contributed by atoms with Crippen molar-refractivity contribution < 1.29 is 9.13 Å². The number of halogens is 1. The number of hydrogen-bond donors (Lipinski definition) is 1. The van der Waals surface area contributed by atoms with E-state index in [0.717, 1.165) is 17.5 Å². The Kier molecular flexibility index (Phi) is 5.59. The molecule has 0 aliphatic rings. The van der Waals surface area contributed by atoms with Crippen molar-refractivity contribution in [3.05, 3.63) is 35.1 Å². The molecule has 0 saturated heterocycles. The molecular weight excluding hydrogens is 217 g/mol. The summed E-state index contributed by atoms with van der Waals surface area (Å²) in [6.45, 7) is 6.70. The maximum Gasteiger partial charge on any atom is 0.123 e. The molecule has 0 aliphatic heterocycles. The summed E-state index contributed by atoms with van der Waals surface area (Å²) in [6, 6.07) is 5.20. The van der Waals surface area contributed by atoms with Crippen LogP contribution in [0.2, 0.25) is 0 Å². The van der Waals surface area contributed by atoms with Gasteiger partial charge in [-0.05, 0) is 57.5 Å². The van der Waals surface area contributed by atoms with Crippen LogP contribution < -0.4 is 5.32 Å². The van der Waals surface area contributed by atoms with Crippen LogP contribution in [-0.4, -0.2) is 25.8 Å². The third-order valence-electron chi connectivity index (χ3n) is 3.11. The Hall–Kier alpha value is -0.930. The first kappa shape index (κ1) is 14.1. The SMILES string of the molecule is CCOC(C)C(Cc1ccc(F)cc1C)NC. The molecule has 1 aromatic rings. The minimum absolute atomic E-state index is 0.148. The fourth-order valence-electron chi connectivity index (χ4n) is 2.01. The van der Waals surface area contributed by atoms with Gasteiger partial charge in [0.05, 0.1) is 6.10 Å². The molecule has 1 rings (SSSR count). The molecule has 0 heterocycles. The highest BCUT2D eigenvalue weighted by Crippen LogP contribution is 2.14. The second-order valence-electron chi connectivity index (χ2n) is 4.33. The van der Waals surface area contributed by atoms with Crippen molar-refractivity contribution in [3.63, 3.8) is 0 Å². The summed E-state index contributed by atoms with van der Waals surface area (Å²) < 4.78 is 18.6. The zero-order chi connectivity index (χ0) is 12.8. The van der Waals surface area contributed by atoms with Crippen LogP contribution in [0.3, 0.4) is 0 Å². The van der Waals surface area contributed by atoms with Crippen LogP contribution in [0.4, 0.5) is 4.39 Å². The first-order valence-corrected chi connectivity index (χ1v) is 6.12. The Morgan fingerprint density at radius 1 is 1.41 bits per heavy atom.